The number of aromatic nitrogens is 2. The van der Waals surface area contributed by atoms with Gasteiger partial charge in [-0.05, 0) is 13.0 Å². The molecule has 1 atom stereocenters. The molecule has 4 nitrogen and oxygen atoms in total. The van der Waals surface area contributed by atoms with Crippen molar-refractivity contribution in [3.8, 4) is 0 Å². The van der Waals surface area contributed by atoms with Gasteiger partial charge < -0.3 is 10.0 Å². The lowest BCUT2D eigenvalue weighted by molar-refractivity contribution is 0.199. The van der Waals surface area contributed by atoms with Crippen LogP contribution in [0, 0.1) is 0 Å². The summed E-state index contributed by atoms with van der Waals surface area (Å²) in [5, 5.41) is 11.7. The number of nitrogens with zero attached hydrogens (tertiary/aromatic N) is 3. The molecule has 0 aliphatic heterocycles. The Morgan fingerprint density at radius 3 is 2.94 bits per heavy atom. The normalized spacial score (nSPS) is 12.4. The van der Waals surface area contributed by atoms with Crippen LogP contribution in [-0.2, 0) is 6.54 Å². The molecule has 0 aliphatic carbocycles. The average Bonchev–Trinajstić information content (AvgIpc) is 2.81. The minimum absolute atomic E-state index is 0.517. The maximum Gasteiger partial charge on any atom is 0.134 e. The first kappa shape index (κ1) is 12.0. The first-order valence-corrected chi connectivity index (χ1v) is 6.34. The summed E-state index contributed by atoms with van der Waals surface area (Å²) in [4.78, 5) is 10.6. The molecule has 1 N–H and O–H groups in total. The predicted molar refractivity (Wildman–Crippen MR) is 69.1 cm³/mol. The van der Waals surface area contributed by atoms with Gasteiger partial charge in [0.25, 0.3) is 0 Å². The van der Waals surface area contributed by atoms with E-state index in [0.717, 1.165) is 17.1 Å². The lowest BCUT2D eigenvalue weighted by Crippen LogP contribution is -2.20. The van der Waals surface area contributed by atoms with Crippen LogP contribution >= 0.6 is 11.3 Å². The van der Waals surface area contributed by atoms with Gasteiger partial charge in [0.15, 0.2) is 0 Å². The lowest BCUT2D eigenvalue weighted by Gasteiger charge is -2.21. The van der Waals surface area contributed by atoms with Gasteiger partial charge >= 0.3 is 0 Å². The molecule has 0 saturated heterocycles. The predicted octanol–water partition coefficient (Wildman–Crippen LogP) is 2.23. The Balaban J connectivity index is 2.21. The Hall–Kier alpha value is -1.46. The molecule has 2 aromatic heterocycles. The van der Waals surface area contributed by atoms with Crippen LogP contribution in [0.25, 0.3) is 0 Å². The van der Waals surface area contributed by atoms with Crippen LogP contribution in [0.15, 0.2) is 29.2 Å². The highest BCUT2D eigenvalue weighted by Crippen LogP contribution is 2.23. The summed E-state index contributed by atoms with van der Waals surface area (Å²) in [5.41, 5.74) is 3.67. The number of thiazole rings is 1. The van der Waals surface area contributed by atoms with Crippen LogP contribution < -0.4 is 4.90 Å². The van der Waals surface area contributed by atoms with E-state index in [1.807, 2.05) is 35.0 Å². The van der Waals surface area contributed by atoms with E-state index in [0.29, 0.717) is 6.54 Å². The summed E-state index contributed by atoms with van der Waals surface area (Å²) >= 11 is 1.58. The van der Waals surface area contributed by atoms with Crippen molar-refractivity contribution in [2.45, 2.75) is 19.6 Å². The Labute approximate surface area is 105 Å². The molecule has 0 bridgehead atoms. The van der Waals surface area contributed by atoms with Gasteiger partial charge in [0, 0.05) is 24.2 Å². The van der Waals surface area contributed by atoms with Crippen molar-refractivity contribution in [3.05, 3.63) is 40.5 Å². The smallest absolute Gasteiger partial charge is 0.134 e. The molecule has 0 saturated carbocycles. The SMILES string of the molecule is CC(O)c1cccnc1N(C)Cc1cscn1. The number of rotatable bonds is 4. The van der Waals surface area contributed by atoms with Crippen molar-refractivity contribution in [3.63, 3.8) is 0 Å². The van der Waals surface area contributed by atoms with Gasteiger partial charge in [-0.3, -0.25) is 0 Å². The minimum atomic E-state index is -0.517. The summed E-state index contributed by atoms with van der Waals surface area (Å²) < 4.78 is 0. The van der Waals surface area contributed by atoms with E-state index in [2.05, 4.69) is 9.97 Å². The van der Waals surface area contributed by atoms with Gasteiger partial charge in [0.2, 0.25) is 0 Å². The second-order valence-electron chi connectivity index (χ2n) is 3.93. The zero-order chi connectivity index (χ0) is 12.3. The summed E-state index contributed by atoms with van der Waals surface area (Å²) in [7, 11) is 1.95. The largest absolute Gasteiger partial charge is 0.389 e. The van der Waals surface area contributed by atoms with E-state index in [4.69, 9.17) is 0 Å². The quantitative estimate of drug-likeness (QED) is 0.902. The van der Waals surface area contributed by atoms with Crippen molar-refractivity contribution in [2.24, 2.45) is 0 Å². The molecule has 2 heterocycles. The molecule has 1 unspecified atom stereocenters. The van der Waals surface area contributed by atoms with Crippen LogP contribution in [0.4, 0.5) is 5.82 Å². The molecule has 0 spiro atoms. The highest BCUT2D eigenvalue weighted by Gasteiger charge is 2.13. The minimum Gasteiger partial charge on any atom is -0.389 e. The third-order valence-electron chi connectivity index (χ3n) is 2.51. The fraction of sp³-hybridized carbons (Fsp3) is 0.333. The van der Waals surface area contributed by atoms with Crippen molar-refractivity contribution in [1.82, 2.24) is 9.97 Å². The molecule has 90 valence electrons. The molecule has 17 heavy (non-hydrogen) atoms. The van der Waals surface area contributed by atoms with Crippen LogP contribution in [0.2, 0.25) is 0 Å². The Morgan fingerprint density at radius 2 is 2.29 bits per heavy atom. The second kappa shape index (κ2) is 5.25. The molecule has 5 heteroatoms. The van der Waals surface area contributed by atoms with Gasteiger partial charge in [-0.25, -0.2) is 9.97 Å². The molecule has 0 aromatic carbocycles. The first-order valence-electron chi connectivity index (χ1n) is 5.39. The monoisotopic (exact) mass is 249 g/mol. The summed E-state index contributed by atoms with van der Waals surface area (Å²) in [6.07, 6.45) is 1.22. The molecule has 2 rings (SSSR count). The van der Waals surface area contributed by atoms with Crippen LogP contribution in [0.3, 0.4) is 0 Å². The number of aliphatic hydroxyl groups is 1. The zero-order valence-electron chi connectivity index (χ0n) is 9.87. The molecule has 0 fully saturated rings. The Bertz CT molecular complexity index is 470. The van der Waals surface area contributed by atoms with Crippen molar-refractivity contribution in [1.29, 1.82) is 0 Å². The molecular weight excluding hydrogens is 234 g/mol. The number of aliphatic hydroxyl groups excluding tert-OH is 1. The van der Waals surface area contributed by atoms with Crippen LogP contribution in [0.5, 0.6) is 0 Å². The maximum atomic E-state index is 9.70. The summed E-state index contributed by atoms with van der Waals surface area (Å²) in [6, 6.07) is 3.73. The number of anilines is 1. The maximum absolute atomic E-state index is 9.70. The fourth-order valence-electron chi connectivity index (χ4n) is 1.69. The van der Waals surface area contributed by atoms with E-state index in [-0.39, 0.29) is 0 Å². The van der Waals surface area contributed by atoms with Gasteiger partial charge in [0.1, 0.15) is 5.82 Å². The average molecular weight is 249 g/mol. The van der Waals surface area contributed by atoms with Gasteiger partial charge in [-0.2, -0.15) is 0 Å². The molecule has 2 aromatic rings. The highest BCUT2D eigenvalue weighted by atomic mass is 32.1. The van der Waals surface area contributed by atoms with Gasteiger partial charge in [-0.15, -0.1) is 11.3 Å². The van der Waals surface area contributed by atoms with Crippen molar-refractivity contribution < 1.29 is 5.11 Å². The third kappa shape index (κ3) is 2.81. The number of hydrogen-bond donors (Lipinski definition) is 1. The topological polar surface area (TPSA) is 49.3 Å². The van der Waals surface area contributed by atoms with Gasteiger partial charge in [0.05, 0.1) is 23.9 Å². The zero-order valence-corrected chi connectivity index (χ0v) is 10.7. The second-order valence-corrected chi connectivity index (χ2v) is 4.65. The molecule has 0 amide bonds. The van der Waals surface area contributed by atoms with Crippen molar-refractivity contribution in [2.75, 3.05) is 11.9 Å². The Morgan fingerprint density at radius 1 is 1.47 bits per heavy atom. The Kier molecular flexibility index (Phi) is 3.71. The van der Waals surface area contributed by atoms with Crippen LogP contribution in [-0.4, -0.2) is 22.1 Å². The van der Waals surface area contributed by atoms with E-state index in [9.17, 15) is 5.11 Å². The number of hydrogen-bond acceptors (Lipinski definition) is 5. The fourth-order valence-corrected chi connectivity index (χ4v) is 2.24. The van der Waals surface area contributed by atoms with Crippen molar-refractivity contribution >= 4 is 17.2 Å². The van der Waals surface area contributed by atoms with E-state index in [1.165, 1.54) is 0 Å². The summed E-state index contributed by atoms with van der Waals surface area (Å²) in [6.45, 7) is 2.44. The lowest BCUT2D eigenvalue weighted by atomic mass is 10.1. The molecular formula is C12H15N3OS. The van der Waals surface area contributed by atoms with E-state index < -0.39 is 6.10 Å². The standard InChI is InChI=1S/C12H15N3OS/c1-9(16)11-4-3-5-13-12(11)15(2)6-10-7-17-8-14-10/h3-5,7-9,16H,6H2,1-2H3. The van der Waals surface area contributed by atoms with Gasteiger partial charge in [-0.1, -0.05) is 6.07 Å². The molecule has 0 radical (unpaired) electrons. The van der Waals surface area contributed by atoms with E-state index >= 15 is 0 Å². The summed E-state index contributed by atoms with van der Waals surface area (Å²) in [5.74, 6) is 0.801. The third-order valence-corrected chi connectivity index (χ3v) is 3.15. The first-order chi connectivity index (χ1) is 8.18. The van der Waals surface area contributed by atoms with Crippen LogP contribution in [0.1, 0.15) is 24.3 Å². The number of pyridine rings is 1. The molecule has 0 aliphatic rings. The highest BCUT2D eigenvalue weighted by molar-refractivity contribution is 7.07. The van der Waals surface area contributed by atoms with E-state index in [1.54, 1.807) is 24.5 Å².